The molecule has 13 heteroatoms. The quantitative estimate of drug-likeness (QED) is 0.0392. The van der Waals surface area contributed by atoms with E-state index in [9.17, 15) is 30.0 Å². The Bertz CT molecular complexity index is 854. The fraction of sp³-hybridized carbons (Fsp3) is 0.824. The van der Waals surface area contributed by atoms with E-state index in [-0.39, 0.29) is 65.5 Å². The highest BCUT2D eigenvalue weighted by Crippen LogP contribution is 2.32. The Morgan fingerprint density at radius 3 is 1.45 bits per heavy atom. The number of likely N-dealkylation sites (N-methyl/N-ethyl adjacent to an activating group) is 2. The van der Waals surface area contributed by atoms with E-state index in [0.717, 1.165) is 31.8 Å². The van der Waals surface area contributed by atoms with Gasteiger partial charge in [0.05, 0.1) is 78.9 Å². The number of aliphatic hydroxyl groups is 4. The molecule has 0 saturated heterocycles. The molecule has 0 bridgehead atoms. The maximum absolute atomic E-state index is 11.6. The Morgan fingerprint density at radius 1 is 0.702 bits per heavy atom. The summed E-state index contributed by atoms with van der Waals surface area (Å²) >= 11 is 0. The number of quaternary nitrogens is 2. The lowest BCUT2D eigenvalue weighted by atomic mass is 9.82. The van der Waals surface area contributed by atoms with Crippen LogP contribution in [0.3, 0.4) is 0 Å². The summed E-state index contributed by atoms with van der Waals surface area (Å²) in [6.45, 7) is 24.4. The molecule has 0 aromatic carbocycles. The van der Waals surface area contributed by atoms with Crippen molar-refractivity contribution >= 4 is 11.9 Å². The Hall–Kier alpha value is -1.94. The number of carbonyl (C=O) groups is 2. The van der Waals surface area contributed by atoms with Gasteiger partial charge in [-0.15, -0.1) is 0 Å². The summed E-state index contributed by atoms with van der Waals surface area (Å²) in [6, 6.07) is -0.236. The maximum Gasteiger partial charge on any atom is 0.330 e. The van der Waals surface area contributed by atoms with Gasteiger partial charge >= 0.3 is 11.9 Å². The number of hydrogen-bond acceptors (Lipinski definition) is 11. The second kappa shape index (κ2) is 22.6. The lowest BCUT2D eigenvalue weighted by Gasteiger charge is -2.48. The highest BCUT2D eigenvalue weighted by atomic mass is 16.6. The third kappa shape index (κ3) is 14.2. The first-order chi connectivity index (χ1) is 22.2. The monoisotopic (exact) mass is 678 g/mol. The van der Waals surface area contributed by atoms with Gasteiger partial charge < -0.3 is 48.6 Å². The van der Waals surface area contributed by atoms with Gasteiger partial charge in [-0.05, 0) is 41.5 Å². The molecule has 0 rings (SSSR count). The van der Waals surface area contributed by atoms with Crippen molar-refractivity contribution in [3.63, 3.8) is 0 Å². The highest BCUT2D eigenvalue weighted by Gasteiger charge is 2.45. The van der Waals surface area contributed by atoms with Crippen LogP contribution in [-0.4, -0.2) is 164 Å². The summed E-state index contributed by atoms with van der Waals surface area (Å²) in [7, 11) is 0. The van der Waals surface area contributed by atoms with Crippen LogP contribution in [0.1, 0.15) is 54.9 Å². The predicted octanol–water partition coefficient (Wildman–Crippen LogP) is 1.42. The van der Waals surface area contributed by atoms with E-state index in [4.69, 9.17) is 23.7 Å². The molecular formula is C34H66N2O11+2. The van der Waals surface area contributed by atoms with Crippen molar-refractivity contribution in [2.45, 2.75) is 78.9 Å². The van der Waals surface area contributed by atoms with Crippen LogP contribution in [0.2, 0.25) is 0 Å². The van der Waals surface area contributed by atoms with E-state index >= 15 is 0 Å². The summed E-state index contributed by atoms with van der Waals surface area (Å²) in [5.41, 5.74) is -2.11. The van der Waals surface area contributed by atoms with E-state index in [1.165, 1.54) is 0 Å². The van der Waals surface area contributed by atoms with Crippen LogP contribution in [0.25, 0.3) is 0 Å². The molecule has 47 heavy (non-hydrogen) atoms. The molecule has 0 amide bonds. The fourth-order valence-corrected chi connectivity index (χ4v) is 6.36. The molecule has 0 saturated carbocycles. The molecule has 13 nitrogen and oxygen atoms in total. The summed E-state index contributed by atoms with van der Waals surface area (Å²) in [4.78, 5) is 22.9. The fourth-order valence-electron chi connectivity index (χ4n) is 6.36. The topological polar surface area (TPSA) is 161 Å². The minimum atomic E-state index is -1.20. The summed E-state index contributed by atoms with van der Waals surface area (Å²) in [5.74, 6) is -1.33. The second-order valence-corrected chi connectivity index (χ2v) is 12.5. The molecule has 0 aromatic rings. The number of rotatable bonds is 29. The van der Waals surface area contributed by atoms with Crippen molar-refractivity contribution in [3.05, 3.63) is 25.3 Å². The van der Waals surface area contributed by atoms with Crippen LogP contribution in [0.15, 0.2) is 25.3 Å². The Labute approximate surface area is 282 Å². The molecule has 4 unspecified atom stereocenters. The Balaban J connectivity index is 6.42. The van der Waals surface area contributed by atoms with Crippen molar-refractivity contribution in [3.8, 4) is 0 Å². The zero-order chi connectivity index (χ0) is 36.2. The average molecular weight is 679 g/mol. The molecule has 0 heterocycles. The standard InChI is InChI=1S/C34H66N2O11/c1-10-31(40)46-22-29(38)20-43-25-34(18-28(19-37)35(12-3,13-4)14-5,26-44-21-30(39)23-47-32(41)11-2)27-45-24-33(9,42)36(15-6,16-7)17-8/h10-11,28-30,37-39,42H,1-2,12-27H2,3-9H3/q+2. The summed E-state index contributed by atoms with van der Waals surface area (Å²) < 4.78 is 29.3. The SMILES string of the molecule is C=CC(=O)OCC(O)COCC(COCC(O)COC(=O)C=C)(COCC(C)(O)[N+](CC)(CC)CC)CC(CO)[N+](CC)(CC)CC. The molecule has 0 aliphatic rings. The van der Waals surface area contributed by atoms with E-state index in [1.54, 1.807) is 6.92 Å². The van der Waals surface area contributed by atoms with E-state index in [0.29, 0.717) is 35.0 Å². The third-order valence-electron chi connectivity index (χ3n) is 9.77. The van der Waals surface area contributed by atoms with Crippen molar-refractivity contribution < 1.29 is 62.7 Å². The molecule has 4 atom stereocenters. The number of carbonyl (C=O) groups excluding carboxylic acids is 2. The number of nitrogens with zero attached hydrogens (tertiary/aromatic N) is 2. The van der Waals surface area contributed by atoms with Gasteiger partial charge in [0.15, 0.2) is 0 Å². The number of hydrogen-bond donors (Lipinski definition) is 4. The molecule has 276 valence electrons. The first-order valence-corrected chi connectivity index (χ1v) is 16.9. The van der Waals surface area contributed by atoms with Gasteiger partial charge in [-0.3, -0.25) is 4.48 Å². The predicted molar refractivity (Wildman–Crippen MR) is 179 cm³/mol. The number of aliphatic hydroxyl groups excluding tert-OH is 3. The normalized spacial score (nSPS) is 16.7. The zero-order valence-corrected chi connectivity index (χ0v) is 30.2. The lowest BCUT2D eigenvalue weighted by molar-refractivity contribution is -0.993. The van der Waals surface area contributed by atoms with Gasteiger partial charge in [0.2, 0.25) is 5.72 Å². The van der Waals surface area contributed by atoms with Crippen LogP contribution >= 0.6 is 0 Å². The zero-order valence-electron chi connectivity index (χ0n) is 30.2. The molecule has 0 fully saturated rings. The van der Waals surface area contributed by atoms with Gasteiger partial charge in [-0.25, -0.2) is 9.59 Å². The maximum atomic E-state index is 11.6. The van der Waals surface area contributed by atoms with Crippen molar-refractivity contribution in [1.82, 2.24) is 0 Å². The Morgan fingerprint density at radius 2 is 1.11 bits per heavy atom. The molecular weight excluding hydrogens is 612 g/mol. The lowest BCUT2D eigenvalue weighted by Crippen LogP contribution is -2.65. The largest absolute Gasteiger partial charge is 0.460 e. The summed E-state index contributed by atoms with van der Waals surface area (Å²) in [6.07, 6.45) is 0.184. The van der Waals surface area contributed by atoms with E-state index in [2.05, 4.69) is 33.9 Å². The first-order valence-electron chi connectivity index (χ1n) is 16.9. The second-order valence-electron chi connectivity index (χ2n) is 12.5. The van der Waals surface area contributed by atoms with Gasteiger partial charge in [-0.2, -0.15) is 0 Å². The van der Waals surface area contributed by atoms with Gasteiger partial charge in [-0.1, -0.05) is 13.2 Å². The Kier molecular flexibility index (Phi) is 21.7. The minimum absolute atomic E-state index is 0.0175. The molecule has 4 N–H and O–H groups in total. The average Bonchev–Trinajstić information content (AvgIpc) is 3.07. The van der Waals surface area contributed by atoms with Crippen molar-refractivity contribution in [1.29, 1.82) is 0 Å². The van der Waals surface area contributed by atoms with Crippen LogP contribution < -0.4 is 0 Å². The molecule has 0 spiro atoms. The van der Waals surface area contributed by atoms with Gasteiger partial charge in [0.25, 0.3) is 0 Å². The van der Waals surface area contributed by atoms with Crippen LogP contribution in [0, 0.1) is 5.41 Å². The smallest absolute Gasteiger partial charge is 0.330 e. The highest BCUT2D eigenvalue weighted by molar-refractivity contribution is 5.81. The third-order valence-corrected chi connectivity index (χ3v) is 9.77. The van der Waals surface area contributed by atoms with Gasteiger partial charge in [0, 0.05) is 30.9 Å². The van der Waals surface area contributed by atoms with Crippen molar-refractivity contribution in [2.75, 3.05) is 98.7 Å². The van der Waals surface area contributed by atoms with Crippen LogP contribution in [0.4, 0.5) is 0 Å². The molecule has 0 aliphatic carbocycles. The first kappa shape index (κ1) is 45.1. The van der Waals surface area contributed by atoms with Crippen LogP contribution in [-0.2, 0) is 33.3 Å². The summed E-state index contributed by atoms with van der Waals surface area (Å²) in [5, 5.41) is 43.2. The van der Waals surface area contributed by atoms with E-state index in [1.807, 2.05) is 20.8 Å². The minimum Gasteiger partial charge on any atom is -0.460 e. The number of esters is 2. The molecule has 0 aliphatic heterocycles. The number of ether oxygens (including phenoxy) is 5. The van der Waals surface area contributed by atoms with Gasteiger partial charge in [0.1, 0.15) is 38.1 Å². The van der Waals surface area contributed by atoms with Crippen LogP contribution in [0.5, 0.6) is 0 Å². The van der Waals surface area contributed by atoms with E-state index < -0.39 is 35.3 Å². The van der Waals surface area contributed by atoms with Crippen molar-refractivity contribution in [2.24, 2.45) is 5.41 Å². The molecule has 0 aromatic heterocycles. The molecule has 0 radical (unpaired) electrons.